The van der Waals surface area contributed by atoms with Crippen LogP contribution in [0.3, 0.4) is 0 Å². The molecular formula is C20H38N4S2. The zero-order valence-corrected chi connectivity index (χ0v) is 18.1. The average Bonchev–Trinajstić information content (AvgIpc) is 2.61. The van der Waals surface area contributed by atoms with E-state index < -0.39 is 0 Å². The maximum Gasteiger partial charge on any atom is 0.166 e. The molecule has 0 amide bonds. The molecule has 6 heteroatoms. The summed E-state index contributed by atoms with van der Waals surface area (Å²) in [6, 6.07) is 1.16. The smallest absolute Gasteiger partial charge is 0.166 e. The van der Waals surface area contributed by atoms with Gasteiger partial charge in [-0.15, -0.1) is 0 Å². The van der Waals surface area contributed by atoms with Crippen molar-refractivity contribution >= 4 is 34.7 Å². The molecular weight excluding hydrogens is 360 g/mol. The van der Waals surface area contributed by atoms with E-state index in [1.54, 1.807) is 0 Å². The Balaban J connectivity index is 1.40. The highest BCUT2D eigenvalue weighted by molar-refractivity contribution is 7.80. The summed E-state index contributed by atoms with van der Waals surface area (Å²) in [4.78, 5) is 0. The first kappa shape index (κ1) is 21.7. The average molecular weight is 399 g/mol. The van der Waals surface area contributed by atoms with Gasteiger partial charge in [0, 0.05) is 25.2 Å². The van der Waals surface area contributed by atoms with Crippen molar-refractivity contribution in [1.82, 2.24) is 21.3 Å². The fraction of sp³-hybridized carbons (Fsp3) is 0.900. The molecule has 0 aromatic rings. The first-order valence-corrected chi connectivity index (χ1v) is 11.5. The van der Waals surface area contributed by atoms with Crippen LogP contribution in [0.2, 0.25) is 0 Å². The SMILES string of the molecule is CC1CCCC(NC(=S)NCCCCCNC(=S)NC2CCCCC2)C1. The van der Waals surface area contributed by atoms with Crippen LogP contribution in [0, 0.1) is 5.92 Å². The molecule has 0 bridgehead atoms. The first-order chi connectivity index (χ1) is 12.6. The minimum Gasteiger partial charge on any atom is -0.363 e. The quantitative estimate of drug-likeness (QED) is 0.366. The van der Waals surface area contributed by atoms with Crippen molar-refractivity contribution in [3.05, 3.63) is 0 Å². The lowest BCUT2D eigenvalue weighted by molar-refractivity contribution is 0.325. The van der Waals surface area contributed by atoms with Crippen LogP contribution in [0.15, 0.2) is 0 Å². The van der Waals surface area contributed by atoms with Gasteiger partial charge in [0.05, 0.1) is 0 Å². The minimum absolute atomic E-state index is 0.570. The van der Waals surface area contributed by atoms with Crippen molar-refractivity contribution in [1.29, 1.82) is 0 Å². The molecule has 0 aromatic heterocycles. The third-order valence-corrected chi connectivity index (χ3v) is 6.16. The van der Waals surface area contributed by atoms with Gasteiger partial charge in [-0.2, -0.15) is 0 Å². The molecule has 26 heavy (non-hydrogen) atoms. The van der Waals surface area contributed by atoms with E-state index in [0.29, 0.717) is 12.1 Å². The normalized spacial score (nSPS) is 23.9. The van der Waals surface area contributed by atoms with E-state index in [0.717, 1.165) is 42.1 Å². The number of unbranched alkanes of at least 4 members (excludes halogenated alkanes) is 2. The Kier molecular flexibility index (Phi) is 10.6. The number of hydrogen-bond acceptors (Lipinski definition) is 2. The van der Waals surface area contributed by atoms with Gasteiger partial charge >= 0.3 is 0 Å². The molecule has 2 saturated carbocycles. The molecule has 0 aliphatic heterocycles. The Morgan fingerprint density at radius 2 is 1.31 bits per heavy atom. The molecule has 0 aromatic carbocycles. The van der Waals surface area contributed by atoms with Gasteiger partial charge in [-0.05, 0) is 75.3 Å². The molecule has 2 unspecified atom stereocenters. The summed E-state index contributed by atoms with van der Waals surface area (Å²) < 4.78 is 0. The van der Waals surface area contributed by atoms with E-state index in [1.165, 1.54) is 64.2 Å². The van der Waals surface area contributed by atoms with Crippen LogP contribution in [-0.4, -0.2) is 35.4 Å². The Bertz CT molecular complexity index is 424. The standard InChI is InChI=1S/C20H38N4S2/c1-16-9-8-12-18(15-16)24-20(26)22-14-7-3-6-13-21-19(25)23-17-10-4-2-5-11-17/h16-18H,2-15H2,1H3,(H2,21,23,25)(H2,22,24,26). The Labute approximate surface area is 171 Å². The summed E-state index contributed by atoms with van der Waals surface area (Å²) in [6.07, 6.45) is 15.3. The maximum atomic E-state index is 5.43. The largest absolute Gasteiger partial charge is 0.363 e. The van der Waals surface area contributed by atoms with Gasteiger partial charge in [-0.3, -0.25) is 0 Å². The minimum atomic E-state index is 0.570. The summed E-state index contributed by atoms with van der Waals surface area (Å²) in [6.45, 7) is 4.26. The summed E-state index contributed by atoms with van der Waals surface area (Å²) in [5, 5.41) is 15.3. The van der Waals surface area contributed by atoms with Crippen LogP contribution < -0.4 is 21.3 Å². The van der Waals surface area contributed by atoms with Crippen LogP contribution in [0.5, 0.6) is 0 Å². The first-order valence-electron chi connectivity index (χ1n) is 10.7. The fourth-order valence-corrected chi connectivity index (χ4v) is 4.65. The molecule has 0 radical (unpaired) electrons. The highest BCUT2D eigenvalue weighted by Gasteiger charge is 2.19. The zero-order valence-electron chi connectivity index (χ0n) is 16.4. The van der Waals surface area contributed by atoms with E-state index in [9.17, 15) is 0 Å². The lowest BCUT2D eigenvalue weighted by Gasteiger charge is -2.28. The molecule has 2 fully saturated rings. The Morgan fingerprint density at radius 3 is 1.92 bits per heavy atom. The van der Waals surface area contributed by atoms with E-state index in [2.05, 4.69) is 28.2 Å². The van der Waals surface area contributed by atoms with Gasteiger partial charge < -0.3 is 21.3 Å². The van der Waals surface area contributed by atoms with Crippen molar-refractivity contribution < 1.29 is 0 Å². The van der Waals surface area contributed by atoms with E-state index in [1.807, 2.05) is 0 Å². The highest BCUT2D eigenvalue weighted by Crippen LogP contribution is 2.23. The lowest BCUT2D eigenvalue weighted by Crippen LogP contribution is -2.44. The molecule has 4 N–H and O–H groups in total. The molecule has 0 spiro atoms. The third kappa shape index (κ3) is 9.36. The number of thiocarbonyl (C=S) groups is 2. The molecule has 0 heterocycles. The van der Waals surface area contributed by atoms with Crippen LogP contribution in [-0.2, 0) is 0 Å². The molecule has 2 aliphatic rings. The van der Waals surface area contributed by atoms with Crippen molar-refractivity contribution in [2.75, 3.05) is 13.1 Å². The van der Waals surface area contributed by atoms with Crippen molar-refractivity contribution in [2.24, 2.45) is 5.92 Å². The van der Waals surface area contributed by atoms with Crippen molar-refractivity contribution in [3.63, 3.8) is 0 Å². The van der Waals surface area contributed by atoms with Gasteiger partial charge in [-0.25, -0.2) is 0 Å². The predicted molar refractivity (Wildman–Crippen MR) is 120 cm³/mol. The number of hydrogen-bond donors (Lipinski definition) is 4. The van der Waals surface area contributed by atoms with Gasteiger partial charge in [-0.1, -0.05) is 39.0 Å². The molecule has 0 saturated heterocycles. The van der Waals surface area contributed by atoms with E-state index >= 15 is 0 Å². The second kappa shape index (κ2) is 12.7. The molecule has 4 nitrogen and oxygen atoms in total. The van der Waals surface area contributed by atoms with Crippen LogP contribution in [0.4, 0.5) is 0 Å². The van der Waals surface area contributed by atoms with Crippen LogP contribution in [0.25, 0.3) is 0 Å². The van der Waals surface area contributed by atoms with Gasteiger partial charge in [0.25, 0.3) is 0 Å². The summed E-state index contributed by atoms with van der Waals surface area (Å²) in [5.41, 5.74) is 0. The van der Waals surface area contributed by atoms with Gasteiger partial charge in [0.1, 0.15) is 0 Å². The fourth-order valence-electron chi connectivity index (χ4n) is 4.12. The molecule has 2 atom stereocenters. The molecule has 2 rings (SSSR count). The van der Waals surface area contributed by atoms with Gasteiger partial charge in [0.2, 0.25) is 0 Å². The second-order valence-corrected chi connectivity index (χ2v) is 8.98. The Hall–Kier alpha value is -0.620. The molecule has 2 aliphatic carbocycles. The number of nitrogens with one attached hydrogen (secondary N) is 4. The monoisotopic (exact) mass is 398 g/mol. The van der Waals surface area contributed by atoms with Crippen LogP contribution >= 0.6 is 24.4 Å². The topological polar surface area (TPSA) is 48.1 Å². The summed E-state index contributed by atoms with van der Waals surface area (Å²) >= 11 is 10.8. The number of rotatable bonds is 8. The van der Waals surface area contributed by atoms with Crippen molar-refractivity contribution in [3.8, 4) is 0 Å². The zero-order chi connectivity index (χ0) is 18.6. The van der Waals surface area contributed by atoms with E-state index in [4.69, 9.17) is 24.4 Å². The van der Waals surface area contributed by atoms with Gasteiger partial charge in [0.15, 0.2) is 10.2 Å². The highest BCUT2D eigenvalue weighted by atomic mass is 32.1. The Morgan fingerprint density at radius 1 is 0.731 bits per heavy atom. The second-order valence-electron chi connectivity index (χ2n) is 8.16. The third-order valence-electron chi connectivity index (χ3n) is 5.64. The summed E-state index contributed by atoms with van der Waals surface area (Å²) in [7, 11) is 0. The predicted octanol–water partition coefficient (Wildman–Crippen LogP) is 4.00. The van der Waals surface area contributed by atoms with Crippen molar-refractivity contribution in [2.45, 2.75) is 96.1 Å². The van der Waals surface area contributed by atoms with E-state index in [-0.39, 0.29) is 0 Å². The van der Waals surface area contributed by atoms with Crippen LogP contribution in [0.1, 0.15) is 84.0 Å². The molecule has 150 valence electrons. The maximum absolute atomic E-state index is 5.43. The summed E-state index contributed by atoms with van der Waals surface area (Å²) in [5.74, 6) is 0.829. The lowest BCUT2D eigenvalue weighted by atomic mass is 9.87.